The number of urea groups is 1. The number of aryl methyl sites for hydroxylation is 1. The number of halogens is 1. The highest BCUT2D eigenvalue weighted by Crippen LogP contribution is 2.23. The van der Waals surface area contributed by atoms with Crippen LogP contribution in [-0.2, 0) is 4.74 Å². The molecule has 0 aliphatic carbocycles. The van der Waals surface area contributed by atoms with Crippen LogP contribution in [0, 0.1) is 12.7 Å². The molecule has 25 heavy (non-hydrogen) atoms. The van der Waals surface area contributed by atoms with Gasteiger partial charge in [-0.25, -0.2) is 18.7 Å². The summed E-state index contributed by atoms with van der Waals surface area (Å²) in [5.41, 5.74) is 0.740. The van der Waals surface area contributed by atoms with E-state index >= 15 is 0 Å². The third-order valence-electron chi connectivity index (χ3n) is 4.16. The second-order valence-corrected chi connectivity index (χ2v) is 5.83. The van der Waals surface area contributed by atoms with E-state index in [4.69, 9.17) is 0 Å². The molecule has 132 valence electrons. The fraction of sp³-hybridized carbons (Fsp3) is 0.375. The number of nitrogens with zero attached hydrogens (tertiary/aromatic N) is 4. The highest BCUT2D eigenvalue weighted by Gasteiger charge is 2.29. The average Bonchev–Trinajstić information content (AvgIpc) is 3.27. The standard InChI is InChI=1S/C16H18FN5O3/c1-10-4-3-5-12(14(10)17)18-16(24)21-7-6-11(8-21)22-9-13(19-20-22)15(23)25-2/h3-5,9,11H,6-8H2,1-2H3,(H,18,24)/t11-/m1/s1. The summed E-state index contributed by atoms with van der Waals surface area (Å²) in [6.45, 7) is 2.53. The molecule has 2 heterocycles. The summed E-state index contributed by atoms with van der Waals surface area (Å²) in [6.07, 6.45) is 2.16. The van der Waals surface area contributed by atoms with Gasteiger partial charge >= 0.3 is 12.0 Å². The Morgan fingerprint density at radius 1 is 1.40 bits per heavy atom. The maximum atomic E-state index is 14.0. The van der Waals surface area contributed by atoms with E-state index in [2.05, 4.69) is 20.4 Å². The lowest BCUT2D eigenvalue weighted by atomic mass is 10.2. The van der Waals surface area contributed by atoms with Crippen molar-refractivity contribution >= 4 is 17.7 Å². The van der Waals surface area contributed by atoms with E-state index in [0.29, 0.717) is 25.1 Å². The molecule has 0 spiro atoms. The van der Waals surface area contributed by atoms with Crippen LogP contribution in [0.3, 0.4) is 0 Å². The maximum absolute atomic E-state index is 14.0. The van der Waals surface area contributed by atoms with Gasteiger partial charge in [0.05, 0.1) is 25.0 Å². The third-order valence-corrected chi connectivity index (χ3v) is 4.16. The van der Waals surface area contributed by atoms with E-state index in [1.165, 1.54) is 19.4 Å². The summed E-state index contributed by atoms with van der Waals surface area (Å²) in [7, 11) is 1.27. The Kier molecular flexibility index (Phi) is 4.64. The van der Waals surface area contributed by atoms with Crippen molar-refractivity contribution in [3.63, 3.8) is 0 Å². The van der Waals surface area contributed by atoms with E-state index < -0.39 is 11.8 Å². The quantitative estimate of drug-likeness (QED) is 0.858. The maximum Gasteiger partial charge on any atom is 0.360 e. The first-order valence-corrected chi connectivity index (χ1v) is 7.80. The van der Waals surface area contributed by atoms with Crippen LogP contribution in [0.15, 0.2) is 24.4 Å². The molecule has 0 bridgehead atoms. The first kappa shape index (κ1) is 16.9. The van der Waals surface area contributed by atoms with E-state index in [1.54, 1.807) is 28.6 Å². The van der Waals surface area contributed by atoms with Crippen LogP contribution in [0.25, 0.3) is 0 Å². The van der Waals surface area contributed by atoms with E-state index in [1.807, 2.05) is 0 Å². The van der Waals surface area contributed by atoms with Crippen molar-refractivity contribution in [1.82, 2.24) is 19.9 Å². The Balaban J connectivity index is 1.64. The van der Waals surface area contributed by atoms with Gasteiger partial charge < -0.3 is 15.0 Å². The first-order chi connectivity index (χ1) is 12.0. The summed E-state index contributed by atoms with van der Waals surface area (Å²) in [5.74, 6) is -1.00. The molecule has 1 aliphatic rings. The number of rotatable bonds is 3. The van der Waals surface area contributed by atoms with Gasteiger partial charge in [0, 0.05) is 13.1 Å². The molecule has 9 heteroatoms. The van der Waals surface area contributed by atoms with Crippen molar-refractivity contribution in [3.8, 4) is 0 Å². The molecule has 1 saturated heterocycles. The lowest BCUT2D eigenvalue weighted by molar-refractivity contribution is 0.0594. The van der Waals surface area contributed by atoms with Gasteiger partial charge in [0.25, 0.3) is 0 Å². The Bertz CT molecular complexity index is 807. The molecule has 1 N–H and O–H groups in total. The van der Waals surface area contributed by atoms with Crippen molar-refractivity contribution in [3.05, 3.63) is 41.5 Å². The molecule has 1 aromatic heterocycles. The molecule has 0 saturated carbocycles. The lowest BCUT2D eigenvalue weighted by Crippen LogP contribution is -2.33. The summed E-state index contributed by atoms with van der Waals surface area (Å²) < 4.78 is 20.1. The molecule has 1 fully saturated rings. The van der Waals surface area contributed by atoms with E-state index in [0.717, 1.165) is 0 Å². The van der Waals surface area contributed by atoms with Gasteiger partial charge in [0.2, 0.25) is 0 Å². The van der Waals surface area contributed by atoms with Crippen LogP contribution in [0.5, 0.6) is 0 Å². The number of anilines is 1. The van der Waals surface area contributed by atoms with Crippen molar-refractivity contribution < 1.29 is 18.7 Å². The zero-order chi connectivity index (χ0) is 18.0. The predicted molar refractivity (Wildman–Crippen MR) is 86.7 cm³/mol. The van der Waals surface area contributed by atoms with Gasteiger partial charge in [0.15, 0.2) is 5.69 Å². The first-order valence-electron chi connectivity index (χ1n) is 7.80. The molecular weight excluding hydrogens is 329 g/mol. The summed E-state index contributed by atoms with van der Waals surface area (Å²) in [4.78, 5) is 25.3. The van der Waals surface area contributed by atoms with Crippen molar-refractivity contribution in [1.29, 1.82) is 0 Å². The second kappa shape index (κ2) is 6.88. The normalized spacial score (nSPS) is 16.8. The van der Waals surface area contributed by atoms with Gasteiger partial charge in [-0.3, -0.25) is 0 Å². The van der Waals surface area contributed by atoms with Gasteiger partial charge in [-0.15, -0.1) is 5.10 Å². The average molecular weight is 347 g/mol. The molecule has 2 aromatic rings. The van der Waals surface area contributed by atoms with E-state index in [9.17, 15) is 14.0 Å². The molecule has 2 amide bonds. The summed E-state index contributed by atoms with van der Waals surface area (Å²) in [6, 6.07) is 4.37. The SMILES string of the molecule is COC(=O)c1cn([C@@H]2CCN(C(=O)Nc3cccc(C)c3F)C2)nn1. The smallest absolute Gasteiger partial charge is 0.360 e. The molecule has 1 aliphatic heterocycles. The lowest BCUT2D eigenvalue weighted by Gasteiger charge is -2.18. The fourth-order valence-electron chi connectivity index (χ4n) is 2.73. The molecule has 1 atom stereocenters. The Morgan fingerprint density at radius 2 is 2.20 bits per heavy atom. The predicted octanol–water partition coefficient (Wildman–Crippen LogP) is 1.99. The summed E-state index contributed by atoms with van der Waals surface area (Å²) in [5, 5.41) is 10.3. The number of amides is 2. The fourth-order valence-corrected chi connectivity index (χ4v) is 2.73. The zero-order valence-corrected chi connectivity index (χ0v) is 13.9. The van der Waals surface area contributed by atoms with Crippen molar-refractivity contribution in [2.24, 2.45) is 0 Å². The highest BCUT2D eigenvalue weighted by atomic mass is 19.1. The molecule has 1 aromatic carbocycles. The van der Waals surface area contributed by atoms with Crippen molar-refractivity contribution in [2.75, 3.05) is 25.5 Å². The minimum Gasteiger partial charge on any atom is -0.464 e. The number of hydrogen-bond acceptors (Lipinski definition) is 5. The third kappa shape index (κ3) is 3.44. The number of benzene rings is 1. The number of esters is 1. The topological polar surface area (TPSA) is 89.4 Å². The number of aromatic nitrogens is 3. The van der Waals surface area contributed by atoms with Gasteiger partial charge in [-0.1, -0.05) is 17.3 Å². The van der Waals surface area contributed by atoms with Crippen LogP contribution in [0.4, 0.5) is 14.9 Å². The van der Waals surface area contributed by atoms with Gasteiger partial charge in [0.1, 0.15) is 5.82 Å². The minimum atomic E-state index is -0.561. The largest absolute Gasteiger partial charge is 0.464 e. The highest BCUT2D eigenvalue weighted by molar-refractivity contribution is 5.89. The van der Waals surface area contributed by atoms with Crippen LogP contribution >= 0.6 is 0 Å². The Labute approximate surface area is 143 Å². The monoisotopic (exact) mass is 347 g/mol. The van der Waals surface area contributed by atoms with Crippen LogP contribution < -0.4 is 5.32 Å². The van der Waals surface area contributed by atoms with Crippen LogP contribution in [0.1, 0.15) is 28.5 Å². The molecule has 0 radical (unpaired) electrons. The van der Waals surface area contributed by atoms with Gasteiger partial charge in [-0.05, 0) is 25.0 Å². The molecule has 3 rings (SSSR count). The number of hydrogen-bond donors (Lipinski definition) is 1. The molecule has 8 nitrogen and oxygen atoms in total. The zero-order valence-electron chi connectivity index (χ0n) is 13.9. The number of methoxy groups -OCH3 is 1. The number of carbonyl (C=O) groups excluding carboxylic acids is 2. The Hall–Kier alpha value is -2.97. The molecule has 0 unspecified atom stereocenters. The van der Waals surface area contributed by atoms with E-state index in [-0.39, 0.29) is 23.5 Å². The van der Waals surface area contributed by atoms with Crippen molar-refractivity contribution in [2.45, 2.75) is 19.4 Å². The van der Waals surface area contributed by atoms with Crippen LogP contribution in [0.2, 0.25) is 0 Å². The Morgan fingerprint density at radius 3 is 2.96 bits per heavy atom. The minimum absolute atomic E-state index is 0.0981. The second-order valence-electron chi connectivity index (χ2n) is 5.83. The van der Waals surface area contributed by atoms with Gasteiger partial charge in [-0.2, -0.15) is 0 Å². The number of carbonyl (C=O) groups is 2. The van der Waals surface area contributed by atoms with Crippen LogP contribution in [-0.4, -0.2) is 52.1 Å². The number of likely N-dealkylation sites (tertiary alicyclic amines) is 1. The summed E-state index contributed by atoms with van der Waals surface area (Å²) >= 11 is 0. The molecular formula is C16H18FN5O3. The number of nitrogens with one attached hydrogen (secondary N) is 1. The number of ether oxygens (including phenoxy) is 1.